The van der Waals surface area contributed by atoms with Gasteiger partial charge in [0, 0.05) is 6.54 Å². The Morgan fingerprint density at radius 2 is 1.72 bits per heavy atom. The second-order valence-corrected chi connectivity index (χ2v) is 8.79. The van der Waals surface area contributed by atoms with Crippen molar-refractivity contribution in [2.45, 2.75) is 32.1 Å². The smallest absolute Gasteiger partial charge is 0.264 e. The molecule has 0 aliphatic rings. The van der Waals surface area contributed by atoms with E-state index in [-0.39, 0.29) is 10.6 Å². The van der Waals surface area contributed by atoms with Crippen LogP contribution in [0.3, 0.4) is 0 Å². The van der Waals surface area contributed by atoms with Crippen molar-refractivity contribution >= 4 is 21.6 Å². The van der Waals surface area contributed by atoms with E-state index >= 15 is 0 Å². The first-order chi connectivity index (χ1) is 13.7. The third-order valence-electron chi connectivity index (χ3n) is 4.17. The van der Waals surface area contributed by atoms with Gasteiger partial charge in [-0.2, -0.15) is 0 Å². The average Bonchev–Trinajstić information content (AvgIpc) is 2.67. The number of sulfonamides is 1. The third kappa shape index (κ3) is 6.45. The molecule has 0 atom stereocenters. The number of carbonyl (C=O) groups is 1. The summed E-state index contributed by atoms with van der Waals surface area (Å²) in [5.74, 6) is 0.0420. The van der Waals surface area contributed by atoms with Crippen LogP contribution in [0.15, 0.2) is 53.4 Å². The summed E-state index contributed by atoms with van der Waals surface area (Å²) in [6.45, 7) is 6.42. The summed E-state index contributed by atoms with van der Waals surface area (Å²) >= 11 is 0. The fraction of sp³-hybridized carbons (Fsp3) is 0.381. The maximum atomic E-state index is 13.3. The van der Waals surface area contributed by atoms with Crippen LogP contribution in [0.4, 0.5) is 10.1 Å². The predicted octanol–water partition coefficient (Wildman–Crippen LogP) is 3.58. The van der Waals surface area contributed by atoms with Crippen LogP contribution in [0.1, 0.15) is 27.2 Å². The first-order valence-corrected chi connectivity index (χ1v) is 11.0. The summed E-state index contributed by atoms with van der Waals surface area (Å²) in [5.41, 5.74) is 0.208. The Bertz CT molecular complexity index is 897. The fourth-order valence-electron chi connectivity index (χ4n) is 2.61. The van der Waals surface area contributed by atoms with Crippen molar-refractivity contribution in [2.24, 2.45) is 5.92 Å². The van der Waals surface area contributed by atoms with Crippen molar-refractivity contribution in [1.82, 2.24) is 5.32 Å². The van der Waals surface area contributed by atoms with Crippen molar-refractivity contribution in [3.63, 3.8) is 0 Å². The third-order valence-corrected chi connectivity index (χ3v) is 5.96. The lowest BCUT2D eigenvalue weighted by Gasteiger charge is -2.24. The molecular formula is C21H27FN2O4S. The highest BCUT2D eigenvalue weighted by molar-refractivity contribution is 7.92. The zero-order valence-electron chi connectivity index (χ0n) is 16.9. The Morgan fingerprint density at radius 1 is 1.10 bits per heavy atom. The highest BCUT2D eigenvalue weighted by Gasteiger charge is 2.27. The zero-order valence-corrected chi connectivity index (χ0v) is 17.7. The van der Waals surface area contributed by atoms with Gasteiger partial charge in [-0.25, -0.2) is 12.8 Å². The summed E-state index contributed by atoms with van der Waals surface area (Å²) < 4.78 is 46.1. The van der Waals surface area contributed by atoms with Gasteiger partial charge in [-0.3, -0.25) is 9.10 Å². The lowest BCUT2D eigenvalue weighted by Crippen LogP contribution is -2.41. The van der Waals surface area contributed by atoms with Crippen LogP contribution >= 0.6 is 0 Å². The quantitative estimate of drug-likeness (QED) is 0.635. The number of hydrogen-bond donors (Lipinski definition) is 1. The Balaban J connectivity index is 2.30. The minimum absolute atomic E-state index is 0.0141. The SMILES string of the molecule is CCOc1ccc(S(=O)(=O)N(CC(=O)NCCC(C)C)c2ccc(F)cc2)cc1. The van der Waals surface area contributed by atoms with Gasteiger partial charge in [0.1, 0.15) is 18.1 Å². The number of hydrogen-bond acceptors (Lipinski definition) is 4. The molecule has 2 rings (SSSR count). The van der Waals surface area contributed by atoms with Gasteiger partial charge in [-0.1, -0.05) is 13.8 Å². The summed E-state index contributed by atoms with van der Waals surface area (Å²) in [6, 6.07) is 11.0. The molecule has 0 aliphatic heterocycles. The molecule has 2 aromatic rings. The lowest BCUT2D eigenvalue weighted by molar-refractivity contribution is -0.119. The van der Waals surface area contributed by atoms with Gasteiger partial charge in [0.15, 0.2) is 0 Å². The fourth-order valence-corrected chi connectivity index (χ4v) is 4.03. The molecule has 29 heavy (non-hydrogen) atoms. The molecule has 0 aromatic heterocycles. The van der Waals surface area contributed by atoms with E-state index < -0.39 is 28.3 Å². The molecular weight excluding hydrogens is 395 g/mol. The van der Waals surface area contributed by atoms with Crippen LogP contribution in [-0.2, 0) is 14.8 Å². The second-order valence-electron chi connectivity index (χ2n) is 6.92. The monoisotopic (exact) mass is 422 g/mol. The van der Waals surface area contributed by atoms with E-state index in [4.69, 9.17) is 4.74 Å². The largest absolute Gasteiger partial charge is 0.494 e. The van der Waals surface area contributed by atoms with Crippen LogP contribution in [0.5, 0.6) is 5.75 Å². The van der Waals surface area contributed by atoms with Crippen molar-refractivity contribution in [3.05, 3.63) is 54.3 Å². The van der Waals surface area contributed by atoms with E-state index in [0.29, 0.717) is 24.8 Å². The summed E-state index contributed by atoms with van der Waals surface area (Å²) in [4.78, 5) is 12.4. The molecule has 0 bridgehead atoms. The molecule has 0 unspecified atom stereocenters. The van der Waals surface area contributed by atoms with E-state index in [1.54, 1.807) is 12.1 Å². The second kappa shape index (κ2) is 10.2. The highest BCUT2D eigenvalue weighted by atomic mass is 32.2. The molecule has 0 saturated carbocycles. The normalized spacial score (nSPS) is 11.3. The number of halogens is 1. The molecule has 0 saturated heterocycles. The molecule has 158 valence electrons. The number of rotatable bonds is 10. The molecule has 0 radical (unpaired) electrons. The molecule has 0 heterocycles. The number of anilines is 1. The van der Waals surface area contributed by atoms with Crippen LogP contribution < -0.4 is 14.4 Å². The van der Waals surface area contributed by atoms with Gasteiger partial charge in [-0.05, 0) is 67.8 Å². The Hall–Kier alpha value is -2.61. The standard InChI is InChI=1S/C21H27FN2O4S/c1-4-28-19-9-11-20(12-10-19)29(26,27)24(18-7-5-17(22)6-8-18)15-21(25)23-14-13-16(2)3/h5-12,16H,4,13-15H2,1-3H3,(H,23,25). The number of nitrogens with one attached hydrogen (secondary N) is 1. The van der Waals surface area contributed by atoms with Gasteiger partial charge in [0.05, 0.1) is 17.2 Å². The van der Waals surface area contributed by atoms with E-state index in [0.717, 1.165) is 22.9 Å². The van der Waals surface area contributed by atoms with Crippen LogP contribution in [0, 0.1) is 11.7 Å². The molecule has 0 aliphatic carbocycles. The van der Waals surface area contributed by atoms with Crippen molar-refractivity contribution in [2.75, 3.05) is 24.0 Å². The van der Waals surface area contributed by atoms with Crippen molar-refractivity contribution < 1.29 is 22.3 Å². The van der Waals surface area contributed by atoms with Gasteiger partial charge in [0.25, 0.3) is 10.0 Å². The minimum atomic E-state index is -4.04. The molecule has 6 nitrogen and oxygen atoms in total. The van der Waals surface area contributed by atoms with Crippen molar-refractivity contribution in [3.8, 4) is 5.75 Å². The maximum absolute atomic E-state index is 13.3. The summed E-state index contributed by atoms with van der Waals surface area (Å²) in [7, 11) is -4.04. The summed E-state index contributed by atoms with van der Waals surface area (Å²) in [6.07, 6.45) is 0.786. The van der Waals surface area contributed by atoms with Crippen LogP contribution in [0.25, 0.3) is 0 Å². The number of benzene rings is 2. The van der Waals surface area contributed by atoms with Crippen LogP contribution in [0.2, 0.25) is 0 Å². The molecule has 1 N–H and O–H groups in total. The average molecular weight is 423 g/mol. The van der Waals surface area contributed by atoms with Gasteiger partial charge < -0.3 is 10.1 Å². The molecule has 0 fully saturated rings. The molecule has 8 heteroatoms. The number of nitrogens with zero attached hydrogens (tertiary/aromatic N) is 1. The zero-order chi connectivity index (χ0) is 21.4. The minimum Gasteiger partial charge on any atom is -0.494 e. The predicted molar refractivity (Wildman–Crippen MR) is 111 cm³/mol. The Labute approximate surface area is 171 Å². The molecule has 2 aromatic carbocycles. The van der Waals surface area contributed by atoms with Gasteiger partial charge >= 0.3 is 0 Å². The first kappa shape index (κ1) is 22.7. The topological polar surface area (TPSA) is 75.7 Å². The molecule has 0 spiro atoms. The maximum Gasteiger partial charge on any atom is 0.264 e. The van der Waals surface area contributed by atoms with E-state index in [9.17, 15) is 17.6 Å². The Morgan fingerprint density at radius 3 is 2.28 bits per heavy atom. The van der Waals surface area contributed by atoms with E-state index in [2.05, 4.69) is 5.32 Å². The number of amides is 1. The van der Waals surface area contributed by atoms with E-state index in [1.807, 2.05) is 20.8 Å². The lowest BCUT2D eigenvalue weighted by atomic mass is 10.1. The van der Waals surface area contributed by atoms with Gasteiger partial charge in [-0.15, -0.1) is 0 Å². The summed E-state index contributed by atoms with van der Waals surface area (Å²) in [5, 5.41) is 2.74. The highest BCUT2D eigenvalue weighted by Crippen LogP contribution is 2.25. The number of ether oxygens (including phenoxy) is 1. The van der Waals surface area contributed by atoms with Crippen LogP contribution in [-0.4, -0.2) is 34.0 Å². The van der Waals surface area contributed by atoms with Gasteiger partial charge in [0.2, 0.25) is 5.91 Å². The van der Waals surface area contributed by atoms with Crippen molar-refractivity contribution in [1.29, 1.82) is 0 Å². The Kier molecular flexibility index (Phi) is 8.01. The van der Waals surface area contributed by atoms with E-state index in [1.165, 1.54) is 24.3 Å². The molecule has 1 amide bonds. The number of carbonyl (C=O) groups excluding carboxylic acids is 1. The first-order valence-electron chi connectivity index (χ1n) is 9.52.